The van der Waals surface area contributed by atoms with Crippen molar-refractivity contribution in [3.05, 3.63) is 28.2 Å². The van der Waals surface area contributed by atoms with Crippen molar-refractivity contribution < 1.29 is 14.6 Å². The van der Waals surface area contributed by atoms with E-state index in [-0.39, 0.29) is 23.7 Å². The van der Waals surface area contributed by atoms with Crippen LogP contribution in [0.15, 0.2) is 17.1 Å². The first-order valence-electron chi connectivity index (χ1n) is 5.93. The van der Waals surface area contributed by atoms with Crippen LogP contribution in [0, 0.1) is 5.92 Å². The zero-order valence-electron chi connectivity index (χ0n) is 10.00. The fourth-order valence-electron chi connectivity index (χ4n) is 2.48. The van der Waals surface area contributed by atoms with E-state index in [0.29, 0.717) is 19.7 Å². The second-order valence-corrected chi connectivity index (χ2v) is 4.88. The molecule has 3 heterocycles. The van der Waals surface area contributed by atoms with E-state index >= 15 is 0 Å². The molecule has 2 atom stereocenters. The van der Waals surface area contributed by atoms with E-state index in [1.165, 1.54) is 12.3 Å². The Kier molecular flexibility index (Phi) is 2.41. The lowest BCUT2D eigenvalue weighted by molar-refractivity contribution is -0.111. The molecule has 0 saturated carbocycles. The van der Waals surface area contributed by atoms with Crippen LogP contribution in [0.25, 0.3) is 0 Å². The highest BCUT2D eigenvalue weighted by Crippen LogP contribution is 2.26. The molecule has 1 fully saturated rings. The predicted octanol–water partition coefficient (Wildman–Crippen LogP) is 0.00210. The summed E-state index contributed by atoms with van der Waals surface area (Å²) in [6.45, 7) is 3.65. The molecule has 1 amide bonds. The van der Waals surface area contributed by atoms with Gasteiger partial charge in [-0.05, 0) is 5.92 Å². The standard InChI is InChI=1S/C12H14N2O4/c1-7-4-14-9(18-6-7)5-13-3-2-8(15)11(16)10(13)12(14)17/h2-3,7,9,16H,4-6H2,1H3/t7-,9-/m1/s1. The number of pyridine rings is 1. The smallest absolute Gasteiger partial charge is 0.276 e. The molecule has 6 nitrogen and oxygen atoms in total. The van der Waals surface area contributed by atoms with E-state index in [9.17, 15) is 14.7 Å². The molecule has 1 saturated heterocycles. The zero-order chi connectivity index (χ0) is 12.9. The van der Waals surface area contributed by atoms with Gasteiger partial charge in [-0.2, -0.15) is 0 Å². The van der Waals surface area contributed by atoms with Crippen molar-refractivity contribution in [2.24, 2.45) is 5.92 Å². The maximum Gasteiger partial charge on any atom is 0.276 e. The van der Waals surface area contributed by atoms with Crippen LogP contribution in [-0.4, -0.2) is 39.9 Å². The molecule has 0 unspecified atom stereocenters. The van der Waals surface area contributed by atoms with Gasteiger partial charge in [0.15, 0.2) is 17.7 Å². The van der Waals surface area contributed by atoms with Crippen LogP contribution in [0.1, 0.15) is 17.4 Å². The van der Waals surface area contributed by atoms with E-state index in [0.717, 1.165) is 0 Å². The summed E-state index contributed by atoms with van der Waals surface area (Å²) in [6, 6.07) is 1.26. The lowest BCUT2D eigenvalue weighted by Gasteiger charge is -2.42. The molecule has 6 heteroatoms. The first-order valence-corrected chi connectivity index (χ1v) is 5.93. The number of aromatic hydroxyl groups is 1. The summed E-state index contributed by atoms with van der Waals surface area (Å²) in [7, 11) is 0. The molecular weight excluding hydrogens is 236 g/mol. The Morgan fingerprint density at radius 1 is 1.39 bits per heavy atom. The Labute approximate surface area is 103 Å². The third-order valence-electron chi connectivity index (χ3n) is 3.40. The fraction of sp³-hybridized carbons (Fsp3) is 0.500. The van der Waals surface area contributed by atoms with Crippen LogP contribution in [0.5, 0.6) is 5.75 Å². The Balaban J connectivity index is 2.08. The van der Waals surface area contributed by atoms with Crippen LogP contribution < -0.4 is 5.43 Å². The maximum absolute atomic E-state index is 12.3. The Morgan fingerprint density at radius 3 is 2.94 bits per heavy atom. The highest BCUT2D eigenvalue weighted by molar-refractivity contribution is 5.96. The minimum Gasteiger partial charge on any atom is -0.503 e. The van der Waals surface area contributed by atoms with Gasteiger partial charge in [-0.3, -0.25) is 9.59 Å². The molecule has 0 aromatic carbocycles. The SMILES string of the molecule is C[C@H]1CO[C@@H]2Cn3ccc(=O)c(O)c3C(=O)N2C1. The molecule has 0 spiro atoms. The number of hydrogen-bond acceptors (Lipinski definition) is 4. The highest BCUT2D eigenvalue weighted by Gasteiger charge is 2.38. The van der Waals surface area contributed by atoms with Gasteiger partial charge >= 0.3 is 0 Å². The topological polar surface area (TPSA) is 71.8 Å². The fourth-order valence-corrected chi connectivity index (χ4v) is 2.48. The number of rotatable bonds is 0. The number of aromatic nitrogens is 1. The minimum atomic E-state index is -0.529. The normalized spacial score (nSPS) is 26.7. The number of amides is 1. The van der Waals surface area contributed by atoms with Gasteiger partial charge < -0.3 is 19.3 Å². The number of carbonyl (C=O) groups excluding carboxylic acids is 1. The van der Waals surface area contributed by atoms with Crippen LogP contribution >= 0.6 is 0 Å². The van der Waals surface area contributed by atoms with E-state index in [1.54, 1.807) is 9.47 Å². The van der Waals surface area contributed by atoms with Gasteiger partial charge in [-0.25, -0.2) is 0 Å². The number of carbonyl (C=O) groups is 1. The molecule has 1 N–H and O–H groups in total. The monoisotopic (exact) mass is 250 g/mol. The summed E-state index contributed by atoms with van der Waals surface area (Å²) in [4.78, 5) is 25.3. The van der Waals surface area contributed by atoms with Crippen LogP contribution in [0.2, 0.25) is 0 Å². The lowest BCUT2D eigenvalue weighted by atomic mass is 10.1. The highest BCUT2D eigenvalue weighted by atomic mass is 16.5. The largest absolute Gasteiger partial charge is 0.503 e. The molecule has 3 rings (SSSR count). The van der Waals surface area contributed by atoms with Crippen molar-refractivity contribution in [3.63, 3.8) is 0 Å². The van der Waals surface area contributed by atoms with Crippen molar-refractivity contribution in [2.75, 3.05) is 13.2 Å². The van der Waals surface area contributed by atoms with Crippen molar-refractivity contribution in [1.82, 2.24) is 9.47 Å². The van der Waals surface area contributed by atoms with E-state index in [1.807, 2.05) is 6.92 Å². The zero-order valence-corrected chi connectivity index (χ0v) is 10.00. The van der Waals surface area contributed by atoms with Crippen LogP contribution in [-0.2, 0) is 11.3 Å². The maximum atomic E-state index is 12.3. The number of fused-ring (bicyclic) bond motifs is 2. The quantitative estimate of drug-likeness (QED) is 0.703. The van der Waals surface area contributed by atoms with Gasteiger partial charge in [0.2, 0.25) is 5.43 Å². The molecule has 0 bridgehead atoms. The number of nitrogens with zero attached hydrogens (tertiary/aromatic N) is 2. The number of hydrogen-bond donors (Lipinski definition) is 1. The molecule has 0 aliphatic carbocycles. The van der Waals surface area contributed by atoms with Crippen molar-refractivity contribution in [3.8, 4) is 5.75 Å². The summed E-state index contributed by atoms with van der Waals surface area (Å²) in [5.41, 5.74) is -0.463. The van der Waals surface area contributed by atoms with Crippen molar-refractivity contribution in [2.45, 2.75) is 19.7 Å². The molecule has 1 aromatic rings. The molecule has 2 aliphatic heterocycles. The Morgan fingerprint density at radius 2 is 2.17 bits per heavy atom. The van der Waals surface area contributed by atoms with Crippen molar-refractivity contribution in [1.29, 1.82) is 0 Å². The van der Waals surface area contributed by atoms with Gasteiger partial charge in [-0.15, -0.1) is 0 Å². The van der Waals surface area contributed by atoms with Crippen LogP contribution in [0.4, 0.5) is 0 Å². The third kappa shape index (κ3) is 1.53. The Bertz CT molecular complexity index is 566. The average molecular weight is 250 g/mol. The number of ether oxygens (including phenoxy) is 1. The third-order valence-corrected chi connectivity index (χ3v) is 3.40. The van der Waals surface area contributed by atoms with E-state index in [2.05, 4.69) is 0 Å². The minimum absolute atomic E-state index is 0.0662. The lowest BCUT2D eigenvalue weighted by Crippen LogP contribution is -2.55. The van der Waals surface area contributed by atoms with Gasteiger partial charge in [-0.1, -0.05) is 6.92 Å². The van der Waals surface area contributed by atoms with Gasteiger partial charge in [0.1, 0.15) is 0 Å². The molecular formula is C12H14N2O4. The van der Waals surface area contributed by atoms with Crippen molar-refractivity contribution >= 4 is 5.91 Å². The van der Waals surface area contributed by atoms with Crippen LogP contribution in [0.3, 0.4) is 0 Å². The summed E-state index contributed by atoms with van der Waals surface area (Å²) in [5.74, 6) is -0.554. The van der Waals surface area contributed by atoms with E-state index in [4.69, 9.17) is 4.74 Å². The van der Waals surface area contributed by atoms with E-state index < -0.39 is 11.2 Å². The second kappa shape index (κ2) is 3.84. The molecule has 18 heavy (non-hydrogen) atoms. The van der Waals surface area contributed by atoms with Gasteiger partial charge in [0, 0.05) is 18.8 Å². The summed E-state index contributed by atoms with van der Waals surface area (Å²) < 4.78 is 7.20. The van der Waals surface area contributed by atoms with Gasteiger partial charge in [0.25, 0.3) is 5.91 Å². The predicted molar refractivity (Wildman–Crippen MR) is 62.3 cm³/mol. The summed E-state index contributed by atoms with van der Waals surface area (Å²) >= 11 is 0. The molecule has 2 aliphatic rings. The average Bonchev–Trinajstić information content (AvgIpc) is 2.35. The Hall–Kier alpha value is -1.82. The summed E-state index contributed by atoms with van der Waals surface area (Å²) in [6.07, 6.45) is 1.22. The first kappa shape index (κ1) is 11.3. The molecule has 1 aromatic heterocycles. The molecule has 96 valence electrons. The first-order chi connectivity index (χ1) is 8.58. The second-order valence-electron chi connectivity index (χ2n) is 4.88. The molecule has 0 radical (unpaired) electrons. The summed E-state index contributed by atoms with van der Waals surface area (Å²) in [5, 5.41) is 9.75. The van der Waals surface area contributed by atoms with Gasteiger partial charge in [0.05, 0.1) is 13.2 Å².